The first-order valence-electron chi connectivity index (χ1n) is 15.4. The lowest BCUT2D eigenvalue weighted by atomic mass is 9.97. The van der Waals surface area contributed by atoms with Crippen LogP contribution in [0.2, 0.25) is 0 Å². The monoisotopic (exact) mass is 573 g/mol. The van der Waals surface area contributed by atoms with Gasteiger partial charge in [-0.1, -0.05) is 140 Å². The van der Waals surface area contributed by atoms with E-state index in [0.717, 1.165) is 17.1 Å². The van der Waals surface area contributed by atoms with Crippen molar-refractivity contribution in [1.29, 1.82) is 0 Å². The fourth-order valence-electron chi connectivity index (χ4n) is 6.32. The van der Waals surface area contributed by atoms with Crippen molar-refractivity contribution in [3.05, 3.63) is 188 Å². The Bertz CT molecular complexity index is 2230. The molecule has 0 spiro atoms. The number of fused-ring (bicyclic) bond motifs is 3. The Morgan fingerprint density at radius 3 is 1.31 bits per heavy atom. The summed E-state index contributed by atoms with van der Waals surface area (Å²) < 4.78 is 0. The first kappa shape index (κ1) is 26.7. The average Bonchev–Trinajstić information content (AvgIpc) is 3.13. The minimum absolute atomic E-state index is 1.12. The molecule has 0 amide bonds. The van der Waals surface area contributed by atoms with E-state index in [2.05, 4.69) is 193 Å². The second-order valence-corrected chi connectivity index (χ2v) is 11.4. The Kier molecular flexibility index (Phi) is 6.90. The first-order valence-corrected chi connectivity index (χ1v) is 15.4. The van der Waals surface area contributed by atoms with Crippen LogP contribution in [0, 0.1) is 0 Å². The fourth-order valence-corrected chi connectivity index (χ4v) is 6.32. The van der Waals surface area contributed by atoms with Crippen LogP contribution in [0.25, 0.3) is 54.9 Å². The molecule has 0 N–H and O–H groups in total. The van der Waals surface area contributed by atoms with Crippen molar-refractivity contribution in [3.8, 4) is 33.4 Å². The normalized spacial score (nSPS) is 11.1. The van der Waals surface area contributed by atoms with Gasteiger partial charge in [-0.3, -0.25) is 0 Å². The molecule has 0 saturated carbocycles. The van der Waals surface area contributed by atoms with E-state index >= 15 is 0 Å². The van der Waals surface area contributed by atoms with Crippen molar-refractivity contribution in [1.82, 2.24) is 0 Å². The molecular weight excluding hydrogens is 542 g/mol. The minimum Gasteiger partial charge on any atom is -0.311 e. The van der Waals surface area contributed by atoms with Crippen LogP contribution in [-0.4, -0.2) is 0 Å². The van der Waals surface area contributed by atoms with E-state index < -0.39 is 0 Å². The van der Waals surface area contributed by atoms with Crippen LogP contribution in [0.1, 0.15) is 0 Å². The van der Waals surface area contributed by atoms with Crippen LogP contribution in [0.5, 0.6) is 0 Å². The zero-order valence-corrected chi connectivity index (χ0v) is 24.8. The predicted octanol–water partition coefficient (Wildman–Crippen LogP) is 12.5. The smallest absolute Gasteiger partial charge is 0.0462 e. The van der Waals surface area contributed by atoms with Crippen LogP contribution in [0.4, 0.5) is 17.1 Å². The van der Waals surface area contributed by atoms with Crippen LogP contribution in [0.15, 0.2) is 188 Å². The quantitative estimate of drug-likeness (QED) is 0.179. The maximum absolute atomic E-state index is 2.33. The molecule has 0 fully saturated rings. The summed E-state index contributed by atoms with van der Waals surface area (Å²) >= 11 is 0. The molecule has 0 aliphatic rings. The summed E-state index contributed by atoms with van der Waals surface area (Å²) in [6, 6.07) is 67.6. The van der Waals surface area contributed by atoms with Gasteiger partial charge in [-0.15, -0.1) is 0 Å². The molecule has 8 aromatic carbocycles. The highest BCUT2D eigenvalue weighted by Gasteiger charge is 2.13. The Morgan fingerprint density at radius 1 is 0.244 bits per heavy atom. The van der Waals surface area contributed by atoms with Gasteiger partial charge in [0.15, 0.2) is 0 Å². The van der Waals surface area contributed by atoms with Gasteiger partial charge in [-0.25, -0.2) is 0 Å². The van der Waals surface area contributed by atoms with Crippen molar-refractivity contribution in [3.63, 3.8) is 0 Å². The van der Waals surface area contributed by atoms with Crippen LogP contribution in [0.3, 0.4) is 0 Å². The summed E-state index contributed by atoms with van der Waals surface area (Å²) in [6.45, 7) is 0. The summed E-state index contributed by atoms with van der Waals surface area (Å²) in [5, 5.41) is 5.11. The third-order valence-corrected chi connectivity index (χ3v) is 8.65. The van der Waals surface area contributed by atoms with Crippen LogP contribution >= 0.6 is 0 Å². The van der Waals surface area contributed by atoms with E-state index in [0.29, 0.717) is 0 Å². The largest absolute Gasteiger partial charge is 0.311 e. The molecule has 1 nitrogen and oxygen atoms in total. The maximum atomic E-state index is 2.33. The number of anilines is 3. The second-order valence-electron chi connectivity index (χ2n) is 11.4. The summed E-state index contributed by atoms with van der Waals surface area (Å²) in [5.74, 6) is 0. The van der Waals surface area contributed by atoms with Gasteiger partial charge in [0.05, 0.1) is 0 Å². The summed E-state index contributed by atoms with van der Waals surface area (Å²) in [5.41, 5.74) is 10.7. The highest BCUT2D eigenvalue weighted by molar-refractivity contribution is 6.08. The number of para-hydroxylation sites is 1. The fraction of sp³-hybridized carbons (Fsp3) is 0. The molecule has 0 atom stereocenters. The van der Waals surface area contributed by atoms with Gasteiger partial charge in [-0.2, -0.15) is 0 Å². The summed E-state index contributed by atoms with van der Waals surface area (Å²) in [7, 11) is 0. The number of benzene rings is 8. The van der Waals surface area contributed by atoms with E-state index in [4.69, 9.17) is 0 Å². The van der Waals surface area contributed by atoms with Crippen molar-refractivity contribution in [2.75, 3.05) is 4.90 Å². The molecule has 0 heterocycles. The maximum Gasteiger partial charge on any atom is 0.0462 e. The SMILES string of the molecule is c1ccc(-c2cccc(-c3ccc(N(c4ccccc4)c4ccc(-c5ccc6ccc7ccccc7c6c5)cc4)cc3)c2)cc1. The second kappa shape index (κ2) is 11.6. The van der Waals surface area contributed by atoms with Crippen molar-refractivity contribution >= 4 is 38.6 Å². The number of nitrogens with zero attached hydrogens (tertiary/aromatic N) is 1. The van der Waals surface area contributed by atoms with E-state index in [1.807, 2.05) is 0 Å². The molecule has 212 valence electrons. The lowest BCUT2D eigenvalue weighted by molar-refractivity contribution is 1.28. The molecule has 0 radical (unpaired) electrons. The molecular formula is C44H31N. The number of hydrogen-bond acceptors (Lipinski definition) is 1. The van der Waals surface area contributed by atoms with Gasteiger partial charge in [0.1, 0.15) is 0 Å². The Hall–Kier alpha value is -5.92. The molecule has 8 rings (SSSR count). The molecule has 8 aromatic rings. The van der Waals surface area contributed by atoms with E-state index in [-0.39, 0.29) is 0 Å². The van der Waals surface area contributed by atoms with Gasteiger partial charge in [0.2, 0.25) is 0 Å². The zero-order valence-electron chi connectivity index (χ0n) is 24.8. The van der Waals surface area contributed by atoms with Crippen molar-refractivity contribution in [2.45, 2.75) is 0 Å². The van der Waals surface area contributed by atoms with Gasteiger partial charge in [0, 0.05) is 17.1 Å². The van der Waals surface area contributed by atoms with Crippen molar-refractivity contribution in [2.24, 2.45) is 0 Å². The Labute approximate surface area is 264 Å². The topological polar surface area (TPSA) is 3.24 Å². The molecule has 0 aliphatic carbocycles. The number of hydrogen-bond donors (Lipinski definition) is 0. The molecule has 45 heavy (non-hydrogen) atoms. The van der Waals surface area contributed by atoms with E-state index in [9.17, 15) is 0 Å². The Morgan fingerprint density at radius 2 is 0.667 bits per heavy atom. The molecule has 0 aliphatic heterocycles. The molecule has 0 aromatic heterocycles. The standard InChI is InChI=1S/C44H31N/c1-3-10-32(11-4-1)37-13-9-14-38(30-37)33-22-26-41(27-23-33)45(40-15-5-2-6-16-40)42-28-24-34(25-29-42)39-21-20-36-19-18-35-12-7-8-17-43(35)44(36)31-39/h1-31H. The van der Waals surface area contributed by atoms with E-state index in [1.54, 1.807) is 0 Å². The third kappa shape index (κ3) is 5.26. The van der Waals surface area contributed by atoms with Crippen molar-refractivity contribution < 1.29 is 0 Å². The van der Waals surface area contributed by atoms with Crippen LogP contribution < -0.4 is 4.90 Å². The minimum atomic E-state index is 1.12. The summed E-state index contributed by atoms with van der Waals surface area (Å²) in [4.78, 5) is 2.32. The van der Waals surface area contributed by atoms with Gasteiger partial charge < -0.3 is 4.90 Å². The van der Waals surface area contributed by atoms with Gasteiger partial charge >= 0.3 is 0 Å². The lowest BCUT2D eigenvalue weighted by Gasteiger charge is -2.26. The highest BCUT2D eigenvalue weighted by Crippen LogP contribution is 2.37. The highest BCUT2D eigenvalue weighted by atomic mass is 15.1. The summed E-state index contributed by atoms with van der Waals surface area (Å²) in [6.07, 6.45) is 0. The van der Waals surface area contributed by atoms with Gasteiger partial charge in [-0.05, 0) is 103 Å². The molecule has 0 saturated heterocycles. The van der Waals surface area contributed by atoms with Gasteiger partial charge in [0.25, 0.3) is 0 Å². The number of rotatable bonds is 6. The van der Waals surface area contributed by atoms with Crippen LogP contribution in [-0.2, 0) is 0 Å². The van der Waals surface area contributed by atoms with E-state index in [1.165, 1.54) is 54.9 Å². The third-order valence-electron chi connectivity index (χ3n) is 8.65. The molecule has 0 bridgehead atoms. The lowest BCUT2D eigenvalue weighted by Crippen LogP contribution is -2.09. The average molecular weight is 574 g/mol. The first-order chi connectivity index (χ1) is 22.3. The molecule has 0 unspecified atom stereocenters. The zero-order chi connectivity index (χ0) is 30.0. The predicted molar refractivity (Wildman–Crippen MR) is 192 cm³/mol. The molecule has 1 heteroatoms. The Balaban J connectivity index is 1.13.